The van der Waals surface area contributed by atoms with Crippen molar-refractivity contribution in [3.63, 3.8) is 0 Å². The number of hydrogen-bond donors (Lipinski definition) is 2. The molecule has 0 amide bonds. The predicted octanol–water partition coefficient (Wildman–Crippen LogP) is 2.43. The molecule has 6 nitrogen and oxygen atoms in total. The van der Waals surface area contributed by atoms with Crippen LogP contribution in [0.2, 0.25) is 5.02 Å². The Morgan fingerprint density at radius 3 is 2.55 bits per heavy atom. The topological polar surface area (TPSA) is 105 Å². The minimum atomic E-state index is 0.0196. The van der Waals surface area contributed by atoms with E-state index in [1.165, 1.54) is 12.8 Å². The lowest BCUT2D eigenvalue weighted by atomic mass is 10.1. The van der Waals surface area contributed by atoms with Crippen LogP contribution in [-0.4, -0.2) is 23.1 Å². The predicted molar refractivity (Wildman–Crippen MR) is 87.5 cm³/mol. The molecule has 0 radical (unpaired) electrons. The minimum absolute atomic E-state index is 0.0196. The summed E-state index contributed by atoms with van der Waals surface area (Å²) in [6, 6.07) is 7.72. The van der Waals surface area contributed by atoms with Crippen LogP contribution in [0.3, 0.4) is 0 Å². The van der Waals surface area contributed by atoms with Gasteiger partial charge in [0.25, 0.3) is 0 Å². The van der Waals surface area contributed by atoms with Gasteiger partial charge >= 0.3 is 0 Å². The van der Waals surface area contributed by atoms with Gasteiger partial charge in [-0.15, -0.1) is 0 Å². The number of nitrogens with zero attached hydrogens (tertiary/aromatic N) is 4. The number of anilines is 3. The molecule has 0 spiro atoms. The Bertz CT molecular complexity index is 761. The zero-order valence-corrected chi connectivity index (χ0v) is 12.6. The molecule has 0 saturated carbocycles. The fourth-order valence-electron chi connectivity index (χ4n) is 2.67. The molecule has 22 heavy (non-hydrogen) atoms. The van der Waals surface area contributed by atoms with Crippen molar-refractivity contribution in [2.24, 2.45) is 0 Å². The smallest absolute Gasteiger partial charge is 0.222 e. The Morgan fingerprint density at radius 1 is 1.18 bits per heavy atom. The van der Waals surface area contributed by atoms with E-state index in [2.05, 4.69) is 14.9 Å². The monoisotopic (exact) mass is 314 g/mol. The van der Waals surface area contributed by atoms with Crippen molar-refractivity contribution < 1.29 is 0 Å². The van der Waals surface area contributed by atoms with Crippen molar-refractivity contribution >= 4 is 29.1 Å². The Morgan fingerprint density at radius 2 is 1.91 bits per heavy atom. The number of halogens is 1. The standard InChI is InChI=1S/C15H15ClN6/c16-12-7-9(22-5-1-2-6-22)3-4-10(12)13-11(8-17)14(18)21-15(19)20-13/h3-4,7H,1-2,5-6H2,(H4,18,19,20,21). The van der Waals surface area contributed by atoms with E-state index in [1.807, 2.05) is 24.3 Å². The lowest BCUT2D eigenvalue weighted by Gasteiger charge is -2.18. The number of nitriles is 1. The van der Waals surface area contributed by atoms with Gasteiger partial charge in [0.05, 0.1) is 10.7 Å². The SMILES string of the molecule is N#Cc1c(N)nc(N)nc1-c1ccc(N2CCCC2)cc1Cl. The number of hydrogen-bond acceptors (Lipinski definition) is 6. The molecule has 0 atom stereocenters. The Hall–Kier alpha value is -2.52. The van der Waals surface area contributed by atoms with E-state index in [4.69, 9.17) is 23.1 Å². The summed E-state index contributed by atoms with van der Waals surface area (Å²) in [5.41, 5.74) is 13.6. The second-order valence-electron chi connectivity index (χ2n) is 5.16. The molecule has 3 rings (SSSR count). The van der Waals surface area contributed by atoms with E-state index in [9.17, 15) is 5.26 Å². The third-order valence-corrected chi connectivity index (χ3v) is 4.06. The molecule has 2 heterocycles. The Balaban J connectivity index is 2.08. The molecule has 0 aliphatic carbocycles. The normalized spacial score (nSPS) is 14.1. The maximum atomic E-state index is 9.27. The lowest BCUT2D eigenvalue weighted by molar-refractivity contribution is 0.949. The lowest BCUT2D eigenvalue weighted by Crippen LogP contribution is -2.17. The first-order valence-electron chi connectivity index (χ1n) is 6.98. The number of benzene rings is 1. The molecular weight excluding hydrogens is 300 g/mol. The van der Waals surface area contributed by atoms with Crippen LogP contribution >= 0.6 is 11.6 Å². The third kappa shape index (κ3) is 2.51. The van der Waals surface area contributed by atoms with E-state index < -0.39 is 0 Å². The van der Waals surface area contributed by atoms with Gasteiger partial charge in [0.2, 0.25) is 5.95 Å². The second-order valence-corrected chi connectivity index (χ2v) is 5.57. The summed E-state index contributed by atoms with van der Waals surface area (Å²) in [5.74, 6) is 0.0795. The maximum Gasteiger partial charge on any atom is 0.222 e. The summed E-state index contributed by atoms with van der Waals surface area (Å²) < 4.78 is 0. The van der Waals surface area contributed by atoms with Gasteiger partial charge < -0.3 is 16.4 Å². The van der Waals surface area contributed by atoms with Crippen LogP contribution in [0.1, 0.15) is 18.4 Å². The highest BCUT2D eigenvalue weighted by Crippen LogP contribution is 2.34. The second kappa shape index (κ2) is 5.70. The van der Waals surface area contributed by atoms with Gasteiger partial charge in [-0.25, -0.2) is 4.98 Å². The van der Waals surface area contributed by atoms with Gasteiger partial charge in [-0.3, -0.25) is 0 Å². The van der Waals surface area contributed by atoms with Crippen molar-refractivity contribution in [2.45, 2.75) is 12.8 Å². The first kappa shape index (κ1) is 14.4. The highest BCUT2D eigenvalue weighted by atomic mass is 35.5. The number of nitrogens with two attached hydrogens (primary N) is 2. The van der Waals surface area contributed by atoms with Crippen LogP contribution in [0.5, 0.6) is 0 Å². The van der Waals surface area contributed by atoms with Gasteiger partial charge in [0.15, 0.2) is 0 Å². The summed E-state index contributed by atoms with van der Waals surface area (Å²) in [4.78, 5) is 10.2. The van der Waals surface area contributed by atoms with Crippen molar-refractivity contribution in [2.75, 3.05) is 29.5 Å². The first-order valence-corrected chi connectivity index (χ1v) is 7.36. The zero-order chi connectivity index (χ0) is 15.7. The van der Waals surface area contributed by atoms with E-state index in [0.29, 0.717) is 16.3 Å². The van der Waals surface area contributed by atoms with Crippen LogP contribution in [0.15, 0.2) is 18.2 Å². The molecule has 4 N–H and O–H groups in total. The van der Waals surface area contributed by atoms with Gasteiger partial charge in [0.1, 0.15) is 17.5 Å². The minimum Gasteiger partial charge on any atom is -0.382 e. The fraction of sp³-hybridized carbons (Fsp3) is 0.267. The summed E-state index contributed by atoms with van der Waals surface area (Å²) >= 11 is 6.40. The maximum absolute atomic E-state index is 9.27. The molecule has 7 heteroatoms. The number of nitrogen functional groups attached to an aromatic ring is 2. The molecule has 1 aromatic heterocycles. The van der Waals surface area contributed by atoms with E-state index >= 15 is 0 Å². The van der Waals surface area contributed by atoms with Crippen LogP contribution in [0.25, 0.3) is 11.3 Å². The van der Waals surface area contributed by atoms with E-state index in [0.717, 1.165) is 18.8 Å². The summed E-state index contributed by atoms with van der Waals surface area (Å²) in [6.45, 7) is 2.07. The van der Waals surface area contributed by atoms with Gasteiger partial charge in [-0.05, 0) is 31.0 Å². The largest absolute Gasteiger partial charge is 0.382 e. The number of aromatic nitrogens is 2. The average Bonchev–Trinajstić information content (AvgIpc) is 3.00. The summed E-state index contributed by atoms with van der Waals surface area (Å²) in [5, 5.41) is 9.78. The highest BCUT2D eigenvalue weighted by molar-refractivity contribution is 6.33. The molecular formula is C15H15ClN6. The van der Waals surface area contributed by atoms with Gasteiger partial charge in [0, 0.05) is 24.3 Å². The molecule has 1 saturated heterocycles. The van der Waals surface area contributed by atoms with Crippen molar-refractivity contribution in [1.29, 1.82) is 5.26 Å². The van der Waals surface area contributed by atoms with E-state index in [-0.39, 0.29) is 17.3 Å². The van der Waals surface area contributed by atoms with Crippen molar-refractivity contribution in [1.82, 2.24) is 9.97 Å². The third-order valence-electron chi connectivity index (χ3n) is 3.75. The van der Waals surface area contributed by atoms with E-state index in [1.54, 1.807) is 0 Å². The molecule has 1 aromatic carbocycles. The Labute approximate surface area is 133 Å². The fourth-order valence-corrected chi connectivity index (χ4v) is 2.93. The summed E-state index contributed by atoms with van der Waals surface area (Å²) in [7, 11) is 0. The summed E-state index contributed by atoms with van der Waals surface area (Å²) in [6.07, 6.45) is 2.38. The van der Waals surface area contributed by atoms with Gasteiger partial charge in [-0.1, -0.05) is 11.6 Å². The molecule has 1 fully saturated rings. The molecule has 1 aliphatic rings. The molecule has 0 bridgehead atoms. The molecule has 112 valence electrons. The molecule has 0 unspecified atom stereocenters. The highest BCUT2D eigenvalue weighted by Gasteiger charge is 2.18. The van der Waals surface area contributed by atoms with Crippen molar-refractivity contribution in [3.8, 4) is 17.3 Å². The van der Waals surface area contributed by atoms with Crippen LogP contribution in [-0.2, 0) is 0 Å². The Kier molecular flexibility index (Phi) is 3.73. The average molecular weight is 315 g/mol. The zero-order valence-electron chi connectivity index (χ0n) is 11.9. The number of rotatable bonds is 2. The quantitative estimate of drug-likeness (QED) is 0.882. The first-order chi connectivity index (χ1) is 10.6. The molecule has 1 aliphatic heterocycles. The van der Waals surface area contributed by atoms with Crippen molar-refractivity contribution in [3.05, 3.63) is 28.8 Å². The van der Waals surface area contributed by atoms with Crippen LogP contribution < -0.4 is 16.4 Å². The van der Waals surface area contributed by atoms with Crippen LogP contribution in [0.4, 0.5) is 17.5 Å². The van der Waals surface area contributed by atoms with Crippen LogP contribution in [0, 0.1) is 11.3 Å². The molecule has 2 aromatic rings. The van der Waals surface area contributed by atoms with Gasteiger partial charge in [-0.2, -0.15) is 10.2 Å².